The fraction of sp³-hybridized carbons (Fsp3) is 0.600. The van der Waals surface area contributed by atoms with E-state index in [9.17, 15) is 5.11 Å². The smallest absolute Gasteiger partial charge is 0.128 e. The Hall–Kier alpha value is -1.64. The number of nitriles is 1. The van der Waals surface area contributed by atoms with Crippen LogP contribution in [0.1, 0.15) is 25.8 Å². The molecule has 1 aromatic rings. The van der Waals surface area contributed by atoms with Crippen molar-refractivity contribution in [1.29, 1.82) is 5.26 Å². The molecule has 5 heteroatoms. The number of anilines is 1. The van der Waals surface area contributed by atoms with E-state index in [2.05, 4.69) is 27.8 Å². The van der Waals surface area contributed by atoms with Crippen LogP contribution in [0.4, 0.5) is 5.82 Å². The molecule has 0 bridgehead atoms. The summed E-state index contributed by atoms with van der Waals surface area (Å²) in [6.45, 7) is 7.50. The Balaban J connectivity index is 2.03. The first-order valence-electron chi connectivity index (χ1n) is 7.17. The molecular formula is C15H22N4O. The molecule has 0 spiro atoms. The van der Waals surface area contributed by atoms with Gasteiger partial charge in [-0.1, -0.05) is 6.92 Å². The molecule has 5 nitrogen and oxygen atoms in total. The molecule has 0 amide bonds. The quantitative estimate of drug-likeness (QED) is 0.895. The maximum absolute atomic E-state index is 9.56. The summed E-state index contributed by atoms with van der Waals surface area (Å²) in [6, 6.07) is 6.25. The molecule has 20 heavy (non-hydrogen) atoms. The molecule has 1 aliphatic heterocycles. The normalized spacial score (nSPS) is 21.5. The number of aliphatic hydroxyl groups is 1. The maximum atomic E-state index is 9.56. The minimum absolute atomic E-state index is 0.288. The molecule has 108 valence electrons. The summed E-state index contributed by atoms with van der Waals surface area (Å²) >= 11 is 0. The van der Waals surface area contributed by atoms with Crippen molar-refractivity contribution in [1.82, 2.24) is 9.88 Å². The van der Waals surface area contributed by atoms with Crippen LogP contribution in [0.2, 0.25) is 0 Å². The predicted molar refractivity (Wildman–Crippen MR) is 78.5 cm³/mol. The van der Waals surface area contributed by atoms with Crippen molar-refractivity contribution in [3.63, 3.8) is 0 Å². The van der Waals surface area contributed by atoms with Crippen LogP contribution in [0, 0.1) is 11.3 Å². The van der Waals surface area contributed by atoms with Crippen LogP contribution in [0.3, 0.4) is 0 Å². The Kier molecular flexibility index (Phi) is 4.94. The minimum atomic E-state index is -0.288. The van der Waals surface area contributed by atoms with Crippen LogP contribution in [0.25, 0.3) is 0 Å². The number of hydrogen-bond donors (Lipinski definition) is 1. The third kappa shape index (κ3) is 3.47. The molecule has 1 N–H and O–H groups in total. The Morgan fingerprint density at radius 2 is 2.30 bits per heavy atom. The molecule has 2 atom stereocenters. The number of rotatable bonds is 4. The van der Waals surface area contributed by atoms with Gasteiger partial charge in [-0.05, 0) is 25.5 Å². The summed E-state index contributed by atoms with van der Waals surface area (Å²) in [4.78, 5) is 8.97. The summed E-state index contributed by atoms with van der Waals surface area (Å²) in [5.74, 6) is 0.930. The summed E-state index contributed by atoms with van der Waals surface area (Å²) < 4.78 is 0. The van der Waals surface area contributed by atoms with Crippen LogP contribution in [0.15, 0.2) is 18.3 Å². The summed E-state index contributed by atoms with van der Waals surface area (Å²) in [7, 11) is 0. The van der Waals surface area contributed by atoms with Crippen molar-refractivity contribution in [2.45, 2.75) is 32.4 Å². The Bertz CT molecular complexity index is 466. The third-order valence-corrected chi connectivity index (χ3v) is 3.78. The zero-order valence-corrected chi connectivity index (χ0v) is 12.2. The Labute approximate surface area is 120 Å². The van der Waals surface area contributed by atoms with Crippen molar-refractivity contribution >= 4 is 5.82 Å². The first-order chi connectivity index (χ1) is 9.63. The van der Waals surface area contributed by atoms with Gasteiger partial charge in [0.1, 0.15) is 11.9 Å². The molecule has 0 saturated carbocycles. The summed E-state index contributed by atoms with van der Waals surface area (Å²) in [5, 5.41) is 18.4. The van der Waals surface area contributed by atoms with Gasteiger partial charge in [-0.15, -0.1) is 0 Å². The number of hydrogen-bond acceptors (Lipinski definition) is 5. The second-order valence-corrected chi connectivity index (χ2v) is 5.37. The summed E-state index contributed by atoms with van der Waals surface area (Å²) in [5.41, 5.74) is 0.591. The van der Waals surface area contributed by atoms with Crippen LogP contribution in [-0.4, -0.2) is 53.3 Å². The molecule has 0 unspecified atom stereocenters. The number of pyridine rings is 1. The summed E-state index contributed by atoms with van der Waals surface area (Å²) in [6.07, 6.45) is 2.39. The van der Waals surface area contributed by atoms with Crippen molar-refractivity contribution in [3.8, 4) is 6.07 Å². The third-order valence-electron chi connectivity index (χ3n) is 3.78. The maximum Gasteiger partial charge on any atom is 0.128 e. The van der Waals surface area contributed by atoms with Gasteiger partial charge in [0.15, 0.2) is 0 Å². The zero-order valence-electron chi connectivity index (χ0n) is 12.2. The number of β-amino-alcohol motifs (C(OH)–C–C–N with tert-alkyl or cyclic N) is 1. The van der Waals surface area contributed by atoms with Gasteiger partial charge in [0, 0.05) is 38.4 Å². The molecular weight excluding hydrogens is 252 g/mol. The molecule has 2 heterocycles. The lowest BCUT2D eigenvalue weighted by Gasteiger charge is -2.42. The van der Waals surface area contributed by atoms with E-state index in [0.717, 1.165) is 38.4 Å². The van der Waals surface area contributed by atoms with Crippen molar-refractivity contribution in [3.05, 3.63) is 23.9 Å². The standard InChI is InChI=1S/C15H22N4O/c1-3-14-11-19(7-6-18(14)10-12(2)20)15-5-4-13(8-16)9-17-15/h4-5,9,12,14,20H,3,6-7,10-11H2,1-2H3/t12-,14+/m1/s1. The van der Waals surface area contributed by atoms with Crippen LogP contribution in [-0.2, 0) is 0 Å². The van der Waals surface area contributed by atoms with Gasteiger partial charge in [-0.25, -0.2) is 4.98 Å². The molecule has 0 aliphatic carbocycles. The molecule has 1 saturated heterocycles. The second-order valence-electron chi connectivity index (χ2n) is 5.37. The van der Waals surface area contributed by atoms with Crippen LogP contribution in [0.5, 0.6) is 0 Å². The van der Waals surface area contributed by atoms with Gasteiger partial charge in [-0.3, -0.25) is 4.90 Å². The molecule has 0 aromatic carbocycles. The van der Waals surface area contributed by atoms with E-state index in [1.807, 2.05) is 19.1 Å². The van der Waals surface area contributed by atoms with E-state index in [-0.39, 0.29) is 6.10 Å². The first-order valence-corrected chi connectivity index (χ1v) is 7.17. The highest BCUT2D eigenvalue weighted by Crippen LogP contribution is 2.19. The van der Waals surface area contributed by atoms with E-state index >= 15 is 0 Å². The first kappa shape index (κ1) is 14.8. The van der Waals surface area contributed by atoms with Gasteiger partial charge in [0.2, 0.25) is 0 Å². The molecule has 1 fully saturated rings. The van der Waals surface area contributed by atoms with Crippen molar-refractivity contribution < 1.29 is 5.11 Å². The van der Waals surface area contributed by atoms with E-state index < -0.39 is 0 Å². The number of piperazine rings is 1. The molecule has 0 radical (unpaired) electrons. The number of aromatic nitrogens is 1. The number of aliphatic hydroxyl groups excluding tert-OH is 1. The largest absolute Gasteiger partial charge is 0.392 e. The lowest BCUT2D eigenvalue weighted by atomic mass is 10.1. The van der Waals surface area contributed by atoms with Gasteiger partial charge >= 0.3 is 0 Å². The van der Waals surface area contributed by atoms with Crippen molar-refractivity contribution in [2.75, 3.05) is 31.1 Å². The fourth-order valence-corrected chi connectivity index (χ4v) is 2.71. The van der Waals surface area contributed by atoms with E-state index in [1.165, 1.54) is 0 Å². The SMILES string of the molecule is CC[C@H]1CN(c2ccc(C#N)cn2)CCN1C[C@@H](C)O. The Morgan fingerprint density at radius 3 is 2.85 bits per heavy atom. The average Bonchev–Trinajstić information content (AvgIpc) is 2.47. The fourth-order valence-electron chi connectivity index (χ4n) is 2.71. The molecule has 2 rings (SSSR count). The van der Waals surface area contributed by atoms with E-state index in [4.69, 9.17) is 5.26 Å². The average molecular weight is 274 g/mol. The van der Waals surface area contributed by atoms with E-state index in [1.54, 1.807) is 6.20 Å². The highest BCUT2D eigenvalue weighted by atomic mass is 16.3. The highest BCUT2D eigenvalue weighted by molar-refractivity contribution is 5.42. The van der Waals surface area contributed by atoms with Gasteiger partial charge < -0.3 is 10.0 Å². The predicted octanol–water partition coefficient (Wildman–Crippen LogP) is 1.23. The van der Waals surface area contributed by atoms with Crippen LogP contribution < -0.4 is 4.90 Å². The van der Waals surface area contributed by atoms with Gasteiger partial charge in [-0.2, -0.15) is 5.26 Å². The zero-order chi connectivity index (χ0) is 14.5. The minimum Gasteiger partial charge on any atom is -0.392 e. The highest BCUT2D eigenvalue weighted by Gasteiger charge is 2.26. The monoisotopic (exact) mass is 274 g/mol. The van der Waals surface area contributed by atoms with Crippen LogP contribution >= 0.6 is 0 Å². The van der Waals surface area contributed by atoms with Gasteiger partial charge in [0.25, 0.3) is 0 Å². The number of nitrogens with zero attached hydrogens (tertiary/aromatic N) is 4. The van der Waals surface area contributed by atoms with E-state index in [0.29, 0.717) is 11.6 Å². The van der Waals surface area contributed by atoms with Gasteiger partial charge in [0.05, 0.1) is 11.7 Å². The second kappa shape index (κ2) is 6.69. The lowest BCUT2D eigenvalue weighted by molar-refractivity contribution is 0.0884. The van der Waals surface area contributed by atoms with Crippen molar-refractivity contribution in [2.24, 2.45) is 0 Å². The molecule has 1 aromatic heterocycles. The molecule has 1 aliphatic rings. The topological polar surface area (TPSA) is 63.4 Å². The lowest BCUT2D eigenvalue weighted by Crippen LogP contribution is -2.54. The Morgan fingerprint density at radius 1 is 1.50 bits per heavy atom.